The van der Waals surface area contributed by atoms with E-state index in [1.54, 1.807) is 0 Å². The van der Waals surface area contributed by atoms with Gasteiger partial charge in [-0.3, -0.25) is 4.90 Å². The summed E-state index contributed by atoms with van der Waals surface area (Å²) in [6.45, 7) is 2.98. The molecule has 1 aromatic rings. The molecule has 5 heteroatoms. The average molecular weight is 321 g/mol. The van der Waals surface area contributed by atoms with Gasteiger partial charge in [-0.05, 0) is 45.3 Å². The molecule has 0 amide bonds. The first kappa shape index (κ1) is 15.6. The van der Waals surface area contributed by atoms with Crippen molar-refractivity contribution in [2.24, 2.45) is 11.7 Å². The lowest BCUT2D eigenvalue weighted by atomic mass is 9.83. The summed E-state index contributed by atoms with van der Waals surface area (Å²) in [6, 6.07) is 2.84. The Bertz CT molecular complexity index is 422. The van der Waals surface area contributed by atoms with Gasteiger partial charge in [-0.15, -0.1) is 11.3 Å². The molecule has 0 aromatic carbocycles. The smallest absolute Gasteiger partial charge is 0.0991 e. The Hall–Kier alpha value is 0.200. The van der Waals surface area contributed by atoms with Crippen molar-refractivity contribution in [1.82, 2.24) is 4.90 Å². The molecule has 1 heterocycles. The molecule has 3 atom stereocenters. The summed E-state index contributed by atoms with van der Waals surface area (Å²) < 4.78 is 1.57. The number of halogens is 2. The van der Waals surface area contributed by atoms with Crippen LogP contribution < -0.4 is 5.73 Å². The number of rotatable bonds is 4. The predicted octanol–water partition coefficient (Wildman–Crippen LogP) is 4.57. The van der Waals surface area contributed by atoms with Crippen LogP contribution in [0.4, 0.5) is 0 Å². The first-order valence-corrected chi connectivity index (χ1v) is 8.48. The molecule has 2 nitrogen and oxygen atoms in total. The van der Waals surface area contributed by atoms with Gasteiger partial charge in [-0.2, -0.15) is 0 Å². The number of hydrogen-bond acceptors (Lipinski definition) is 3. The van der Waals surface area contributed by atoms with E-state index in [0.29, 0.717) is 12.0 Å². The van der Waals surface area contributed by atoms with Crippen LogP contribution in [0.15, 0.2) is 6.07 Å². The molecule has 0 saturated heterocycles. The molecule has 108 valence electrons. The van der Waals surface area contributed by atoms with Crippen LogP contribution in [0.1, 0.15) is 44.2 Å². The molecule has 1 aliphatic carbocycles. The minimum absolute atomic E-state index is 0.286. The van der Waals surface area contributed by atoms with Crippen LogP contribution in [-0.2, 0) is 0 Å². The largest absolute Gasteiger partial charge is 0.330 e. The number of nitrogens with zero attached hydrogens (tertiary/aromatic N) is 1. The zero-order valence-corrected chi connectivity index (χ0v) is 13.9. The lowest BCUT2D eigenvalue weighted by Gasteiger charge is -2.40. The van der Waals surface area contributed by atoms with Gasteiger partial charge in [0.2, 0.25) is 0 Å². The molecule has 1 aromatic heterocycles. The Kier molecular flexibility index (Phi) is 5.55. The highest BCUT2D eigenvalue weighted by atomic mass is 35.5. The van der Waals surface area contributed by atoms with Crippen LogP contribution in [0.3, 0.4) is 0 Å². The second kappa shape index (κ2) is 6.77. The molecule has 0 bridgehead atoms. The predicted molar refractivity (Wildman–Crippen MR) is 85.3 cm³/mol. The number of hydrogen-bond donors (Lipinski definition) is 1. The maximum atomic E-state index is 6.28. The third-order valence-electron chi connectivity index (χ3n) is 4.44. The lowest BCUT2D eigenvalue weighted by molar-refractivity contribution is 0.0991. The van der Waals surface area contributed by atoms with E-state index < -0.39 is 0 Å². The van der Waals surface area contributed by atoms with Gasteiger partial charge < -0.3 is 5.73 Å². The highest BCUT2D eigenvalue weighted by Crippen LogP contribution is 2.39. The quantitative estimate of drug-likeness (QED) is 0.880. The maximum absolute atomic E-state index is 6.28. The van der Waals surface area contributed by atoms with E-state index in [0.717, 1.165) is 20.8 Å². The molecule has 0 spiro atoms. The van der Waals surface area contributed by atoms with Gasteiger partial charge in [0.25, 0.3) is 0 Å². The molecule has 3 unspecified atom stereocenters. The summed E-state index contributed by atoms with van der Waals surface area (Å²) >= 11 is 13.8. The highest BCUT2D eigenvalue weighted by molar-refractivity contribution is 7.20. The molecular weight excluding hydrogens is 299 g/mol. The Labute approximate surface area is 129 Å². The summed E-state index contributed by atoms with van der Waals surface area (Å²) in [5, 5.41) is 0. The van der Waals surface area contributed by atoms with Crippen LogP contribution in [0.2, 0.25) is 8.67 Å². The van der Waals surface area contributed by atoms with Crippen LogP contribution in [0, 0.1) is 5.92 Å². The SMILES string of the molecule is CC(c1cc(Cl)sc1Cl)N(C)C1CCCCC1CN. The van der Waals surface area contributed by atoms with Crippen molar-refractivity contribution in [2.75, 3.05) is 13.6 Å². The van der Waals surface area contributed by atoms with Crippen LogP contribution >= 0.6 is 34.5 Å². The fourth-order valence-electron chi connectivity index (χ4n) is 3.14. The van der Waals surface area contributed by atoms with E-state index in [9.17, 15) is 0 Å². The summed E-state index contributed by atoms with van der Waals surface area (Å²) in [7, 11) is 2.19. The topological polar surface area (TPSA) is 29.3 Å². The third-order valence-corrected chi connectivity index (χ3v) is 5.96. The van der Waals surface area contributed by atoms with Gasteiger partial charge in [-0.25, -0.2) is 0 Å². The van der Waals surface area contributed by atoms with Crippen molar-refractivity contribution in [3.63, 3.8) is 0 Å². The Balaban J connectivity index is 2.13. The molecular formula is C14H22Cl2N2S. The third kappa shape index (κ3) is 3.45. The Morgan fingerprint density at radius 3 is 2.68 bits per heavy atom. The normalized spacial score (nSPS) is 25.8. The van der Waals surface area contributed by atoms with E-state index in [4.69, 9.17) is 28.9 Å². The monoisotopic (exact) mass is 320 g/mol. The highest BCUT2D eigenvalue weighted by Gasteiger charge is 2.31. The summed E-state index contributed by atoms with van der Waals surface area (Å²) in [5.74, 6) is 0.606. The van der Waals surface area contributed by atoms with Gasteiger partial charge in [-0.1, -0.05) is 36.0 Å². The summed E-state index contributed by atoms with van der Waals surface area (Å²) in [4.78, 5) is 2.43. The summed E-state index contributed by atoms with van der Waals surface area (Å²) in [5.41, 5.74) is 7.07. The van der Waals surface area contributed by atoms with Crippen molar-refractivity contribution in [3.05, 3.63) is 20.3 Å². The molecule has 19 heavy (non-hydrogen) atoms. The van der Waals surface area contributed by atoms with Gasteiger partial charge in [0.15, 0.2) is 0 Å². The summed E-state index contributed by atoms with van der Waals surface area (Å²) in [6.07, 6.45) is 5.09. The second-order valence-corrected chi connectivity index (χ2v) is 7.75. The Morgan fingerprint density at radius 1 is 1.42 bits per heavy atom. The van der Waals surface area contributed by atoms with Gasteiger partial charge in [0.1, 0.15) is 0 Å². The molecule has 1 saturated carbocycles. The minimum atomic E-state index is 0.286. The van der Waals surface area contributed by atoms with Gasteiger partial charge in [0, 0.05) is 17.6 Å². The second-order valence-electron chi connectivity index (χ2n) is 5.47. The fraction of sp³-hybridized carbons (Fsp3) is 0.714. The van der Waals surface area contributed by atoms with Crippen molar-refractivity contribution in [2.45, 2.75) is 44.7 Å². The van der Waals surface area contributed by atoms with Crippen molar-refractivity contribution >= 4 is 34.5 Å². The Morgan fingerprint density at radius 2 is 2.11 bits per heavy atom. The van der Waals surface area contributed by atoms with E-state index in [1.807, 2.05) is 6.07 Å². The number of thiophene rings is 1. The number of nitrogens with two attached hydrogens (primary N) is 1. The van der Waals surface area contributed by atoms with Gasteiger partial charge >= 0.3 is 0 Å². The van der Waals surface area contributed by atoms with Crippen LogP contribution in [0.25, 0.3) is 0 Å². The molecule has 2 N–H and O–H groups in total. The van der Waals surface area contributed by atoms with E-state index in [-0.39, 0.29) is 6.04 Å². The first-order chi connectivity index (χ1) is 9.04. The zero-order chi connectivity index (χ0) is 14.0. The van der Waals surface area contributed by atoms with E-state index in [2.05, 4.69) is 18.9 Å². The van der Waals surface area contributed by atoms with Crippen LogP contribution in [-0.4, -0.2) is 24.5 Å². The van der Waals surface area contributed by atoms with Gasteiger partial charge in [0.05, 0.1) is 8.67 Å². The van der Waals surface area contributed by atoms with Crippen molar-refractivity contribution in [1.29, 1.82) is 0 Å². The van der Waals surface area contributed by atoms with Crippen LogP contribution in [0.5, 0.6) is 0 Å². The van der Waals surface area contributed by atoms with E-state index >= 15 is 0 Å². The first-order valence-electron chi connectivity index (χ1n) is 6.91. The molecule has 1 fully saturated rings. The average Bonchev–Trinajstić information content (AvgIpc) is 2.76. The molecule has 0 aliphatic heterocycles. The van der Waals surface area contributed by atoms with Crippen molar-refractivity contribution < 1.29 is 0 Å². The standard InChI is InChI=1S/C14H22Cl2N2S/c1-9(11-7-13(15)19-14(11)16)18(2)12-6-4-3-5-10(12)8-17/h7,9-10,12H,3-6,8,17H2,1-2H3. The zero-order valence-electron chi connectivity index (χ0n) is 11.5. The van der Waals surface area contributed by atoms with E-state index in [1.165, 1.54) is 37.0 Å². The molecule has 0 radical (unpaired) electrons. The molecule has 2 rings (SSSR count). The lowest BCUT2D eigenvalue weighted by Crippen LogP contribution is -2.44. The molecule has 1 aliphatic rings. The minimum Gasteiger partial charge on any atom is -0.330 e. The maximum Gasteiger partial charge on any atom is 0.0991 e. The fourth-order valence-corrected chi connectivity index (χ4v) is 4.78. The van der Waals surface area contributed by atoms with Crippen molar-refractivity contribution in [3.8, 4) is 0 Å².